The van der Waals surface area contributed by atoms with E-state index in [2.05, 4.69) is 5.32 Å². The maximum absolute atomic E-state index is 13.1. The van der Waals surface area contributed by atoms with E-state index >= 15 is 0 Å². The molecule has 0 aliphatic heterocycles. The topological polar surface area (TPSA) is 29.1 Å². The van der Waals surface area contributed by atoms with Crippen LogP contribution in [0.1, 0.15) is 15.2 Å². The molecule has 0 aliphatic carbocycles. The molecule has 106 valence electrons. The van der Waals surface area contributed by atoms with Crippen molar-refractivity contribution in [2.45, 2.75) is 6.92 Å². The van der Waals surface area contributed by atoms with Crippen molar-refractivity contribution in [2.24, 2.45) is 0 Å². The number of halogens is 2. The third-order valence-corrected chi connectivity index (χ3v) is 4.73. The lowest BCUT2D eigenvalue weighted by Gasteiger charge is -2.03. The SMILES string of the molecule is Cc1ccc2c(Cl)c(C(=O)Nc3cccc(F)c3)sc2c1. The molecule has 2 aromatic carbocycles. The van der Waals surface area contributed by atoms with Gasteiger partial charge in [-0.1, -0.05) is 29.8 Å². The van der Waals surface area contributed by atoms with E-state index < -0.39 is 5.82 Å². The molecular formula is C16H11ClFNOS. The molecule has 21 heavy (non-hydrogen) atoms. The Labute approximate surface area is 130 Å². The van der Waals surface area contributed by atoms with Crippen LogP contribution >= 0.6 is 22.9 Å². The number of fused-ring (bicyclic) bond motifs is 1. The predicted molar refractivity (Wildman–Crippen MR) is 85.9 cm³/mol. The van der Waals surface area contributed by atoms with Gasteiger partial charge in [0.25, 0.3) is 5.91 Å². The van der Waals surface area contributed by atoms with Gasteiger partial charge in [0.05, 0.1) is 5.02 Å². The molecule has 0 fully saturated rings. The van der Waals surface area contributed by atoms with Crippen LogP contribution in [0.5, 0.6) is 0 Å². The molecule has 0 unspecified atom stereocenters. The lowest BCUT2D eigenvalue weighted by Crippen LogP contribution is -2.10. The number of benzene rings is 2. The van der Waals surface area contributed by atoms with Gasteiger partial charge in [0, 0.05) is 15.8 Å². The first-order chi connectivity index (χ1) is 10.0. The van der Waals surface area contributed by atoms with E-state index in [0.29, 0.717) is 15.6 Å². The van der Waals surface area contributed by atoms with Crippen molar-refractivity contribution < 1.29 is 9.18 Å². The Morgan fingerprint density at radius 1 is 1.24 bits per heavy atom. The van der Waals surface area contributed by atoms with E-state index in [1.54, 1.807) is 12.1 Å². The van der Waals surface area contributed by atoms with Gasteiger partial charge in [0.15, 0.2) is 0 Å². The van der Waals surface area contributed by atoms with Gasteiger partial charge in [-0.25, -0.2) is 4.39 Å². The van der Waals surface area contributed by atoms with E-state index in [0.717, 1.165) is 15.6 Å². The van der Waals surface area contributed by atoms with Gasteiger partial charge in [-0.15, -0.1) is 11.3 Å². The summed E-state index contributed by atoms with van der Waals surface area (Å²) in [5.41, 5.74) is 1.52. The molecule has 0 saturated heterocycles. The average molecular weight is 320 g/mol. The molecule has 1 N–H and O–H groups in total. The third-order valence-electron chi connectivity index (χ3n) is 3.07. The molecular weight excluding hydrogens is 309 g/mol. The Morgan fingerprint density at radius 2 is 2.05 bits per heavy atom. The zero-order valence-electron chi connectivity index (χ0n) is 11.1. The highest BCUT2D eigenvalue weighted by Gasteiger charge is 2.17. The lowest BCUT2D eigenvalue weighted by molar-refractivity contribution is 0.103. The Hall–Kier alpha value is -1.91. The van der Waals surface area contributed by atoms with Gasteiger partial charge in [-0.3, -0.25) is 4.79 Å². The van der Waals surface area contributed by atoms with Crippen LogP contribution in [0.25, 0.3) is 10.1 Å². The molecule has 0 atom stereocenters. The monoisotopic (exact) mass is 319 g/mol. The zero-order chi connectivity index (χ0) is 15.0. The summed E-state index contributed by atoms with van der Waals surface area (Å²) in [5, 5.41) is 3.95. The van der Waals surface area contributed by atoms with Crippen LogP contribution in [-0.4, -0.2) is 5.91 Å². The second-order valence-electron chi connectivity index (χ2n) is 4.71. The number of hydrogen-bond acceptors (Lipinski definition) is 2. The van der Waals surface area contributed by atoms with Gasteiger partial charge in [-0.05, 0) is 36.8 Å². The van der Waals surface area contributed by atoms with Crippen LogP contribution in [-0.2, 0) is 0 Å². The molecule has 0 radical (unpaired) electrons. The molecule has 2 nitrogen and oxygen atoms in total. The minimum atomic E-state index is -0.397. The zero-order valence-corrected chi connectivity index (χ0v) is 12.7. The fourth-order valence-electron chi connectivity index (χ4n) is 2.07. The van der Waals surface area contributed by atoms with E-state index in [9.17, 15) is 9.18 Å². The first-order valence-corrected chi connectivity index (χ1v) is 7.49. The smallest absolute Gasteiger partial charge is 0.267 e. The summed E-state index contributed by atoms with van der Waals surface area (Å²) in [7, 11) is 0. The van der Waals surface area contributed by atoms with Crippen molar-refractivity contribution in [1.82, 2.24) is 0 Å². The van der Waals surface area contributed by atoms with Crippen LogP contribution in [0, 0.1) is 12.7 Å². The van der Waals surface area contributed by atoms with Crippen molar-refractivity contribution in [1.29, 1.82) is 0 Å². The van der Waals surface area contributed by atoms with Crippen molar-refractivity contribution in [2.75, 3.05) is 5.32 Å². The van der Waals surface area contributed by atoms with Crippen molar-refractivity contribution in [3.63, 3.8) is 0 Å². The summed E-state index contributed by atoms with van der Waals surface area (Å²) in [4.78, 5) is 12.7. The highest BCUT2D eigenvalue weighted by molar-refractivity contribution is 7.21. The van der Waals surface area contributed by atoms with Crippen LogP contribution in [0.4, 0.5) is 10.1 Å². The highest BCUT2D eigenvalue weighted by Crippen LogP contribution is 2.36. The van der Waals surface area contributed by atoms with Crippen molar-refractivity contribution >= 4 is 44.6 Å². The van der Waals surface area contributed by atoms with Gasteiger partial charge in [0.1, 0.15) is 10.7 Å². The Bertz CT molecular complexity index is 843. The highest BCUT2D eigenvalue weighted by atomic mass is 35.5. The Morgan fingerprint density at radius 3 is 2.81 bits per heavy atom. The van der Waals surface area contributed by atoms with E-state index in [-0.39, 0.29) is 5.91 Å². The summed E-state index contributed by atoms with van der Waals surface area (Å²) in [6.45, 7) is 1.99. The largest absolute Gasteiger partial charge is 0.321 e. The third kappa shape index (κ3) is 2.77. The second-order valence-corrected chi connectivity index (χ2v) is 6.14. The summed E-state index contributed by atoms with van der Waals surface area (Å²) < 4.78 is 14.1. The molecule has 3 rings (SSSR count). The van der Waals surface area contributed by atoms with Crippen LogP contribution < -0.4 is 5.32 Å². The molecule has 1 heterocycles. The van der Waals surface area contributed by atoms with E-state index in [1.165, 1.54) is 23.5 Å². The molecule has 0 aliphatic rings. The van der Waals surface area contributed by atoms with Crippen LogP contribution in [0.15, 0.2) is 42.5 Å². The molecule has 0 bridgehead atoms. The number of amides is 1. The van der Waals surface area contributed by atoms with Gasteiger partial charge < -0.3 is 5.32 Å². The predicted octanol–water partition coefficient (Wildman–Crippen LogP) is 5.25. The van der Waals surface area contributed by atoms with Crippen molar-refractivity contribution in [3.05, 3.63) is 63.7 Å². The second kappa shape index (κ2) is 5.47. The number of anilines is 1. The number of carbonyl (C=O) groups is 1. The Balaban J connectivity index is 1.96. The normalized spacial score (nSPS) is 10.8. The summed E-state index contributed by atoms with van der Waals surface area (Å²) in [5.74, 6) is -0.727. The number of hydrogen-bond donors (Lipinski definition) is 1. The van der Waals surface area contributed by atoms with Crippen LogP contribution in [0.2, 0.25) is 5.02 Å². The average Bonchev–Trinajstić information content (AvgIpc) is 2.75. The number of carbonyl (C=O) groups excluding carboxylic acids is 1. The summed E-state index contributed by atoms with van der Waals surface area (Å²) in [6.07, 6.45) is 0. The van der Waals surface area contributed by atoms with E-state index in [1.807, 2.05) is 25.1 Å². The maximum Gasteiger partial charge on any atom is 0.267 e. The van der Waals surface area contributed by atoms with Gasteiger partial charge in [-0.2, -0.15) is 0 Å². The first kappa shape index (κ1) is 14.0. The van der Waals surface area contributed by atoms with Crippen LogP contribution in [0.3, 0.4) is 0 Å². The molecule has 1 amide bonds. The fourth-order valence-corrected chi connectivity index (χ4v) is 3.58. The number of aryl methyl sites for hydroxylation is 1. The van der Waals surface area contributed by atoms with Gasteiger partial charge in [0.2, 0.25) is 0 Å². The molecule has 5 heteroatoms. The molecule has 0 saturated carbocycles. The Kier molecular flexibility index (Phi) is 3.66. The number of thiophene rings is 1. The molecule has 3 aromatic rings. The van der Waals surface area contributed by atoms with E-state index in [4.69, 9.17) is 11.6 Å². The first-order valence-electron chi connectivity index (χ1n) is 6.30. The summed E-state index contributed by atoms with van der Waals surface area (Å²) >= 11 is 7.61. The van der Waals surface area contributed by atoms with Crippen molar-refractivity contribution in [3.8, 4) is 0 Å². The number of rotatable bonds is 2. The standard InChI is InChI=1S/C16H11ClFNOS/c1-9-5-6-12-13(7-9)21-15(14(12)17)16(20)19-11-4-2-3-10(18)8-11/h2-8H,1H3,(H,19,20). The summed E-state index contributed by atoms with van der Waals surface area (Å²) in [6, 6.07) is 11.6. The quantitative estimate of drug-likeness (QED) is 0.686. The van der Waals surface area contributed by atoms with Gasteiger partial charge >= 0.3 is 0 Å². The molecule has 1 aromatic heterocycles. The molecule has 0 spiro atoms. The fraction of sp³-hybridized carbons (Fsp3) is 0.0625. The minimum Gasteiger partial charge on any atom is -0.321 e. The number of nitrogens with one attached hydrogen (secondary N) is 1. The maximum atomic E-state index is 13.1. The lowest BCUT2D eigenvalue weighted by atomic mass is 10.2. The minimum absolute atomic E-state index is 0.329.